The molecular weight excluding hydrogens is 294 g/mol. The largest absolute Gasteiger partial charge is 0.493 e. The first-order valence-electron chi connectivity index (χ1n) is 7.16. The molecule has 2 rings (SSSR count). The zero-order valence-electron chi connectivity index (χ0n) is 13.4. The highest BCUT2D eigenvalue weighted by Crippen LogP contribution is 2.33. The smallest absolute Gasteiger partial charge is 0.228 e. The number of anilines is 1. The highest BCUT2D eigenvalue weighted by atomic mass is 16.5. The number of carbonyl (C=O) groups excluding carboxylic acids is 2. The molecule has 0 bridgehead atoms. The van der Waals surface area contributed by atoms with Gasteiger partial charge in [-0.3, -0.25) is 9.59 Å². The third-order valence-electron chi connectivity index (χ3n) is 3.38. The highest BCUT2D eigenvalue weighted by molar-refractivity contribution is 6.04. The van der Waals surface area contributed by atoms with E-state index in [0.29, 0.717) is 22.7 Å². The van der Waals surface area contributed by atoms with Crippen LogP contribution in [0.1, 0.15) is 22.8 Å². The van der Waals surface area contributed by atoms with Crippen molar-refractivity contribution in [3.8, 4) is 11.5 Å². The molecule has 0 radical (unpaired) electrons. The van der Waals surface area contributed by atoms with E-state index in [0.717, 1.165) is 5.56 Å². The first-order valence-corrected chi connectivity index (χ1v) is 7.16. The number of rotatable bonds is 6. The lowest BCUT2D eigenvalue weighted by Crippen LogP contribution is -2.16. The molecule has 0 aliphatic rings. The number of carbonyl (C=O) groups is 2. The fourth-order valence-corrected chi connectivity index (χ4v) is 2.25. The summed E-state index contributed by atoms with van der Waals surface area (Å²) < 4.78 is 10.4. The summed E-state index contributed by atoms with van der Waals surface area (Å²) in [7, 11) is 3.00. The van der Waals surface area contributed by atoms with Gasteiger partial charge < -0.3 is 14.8 Å². The molecule has 0 unspecified atom stereocenters. The Hall–Kier alpha value is -2.82. The molecular formula is C18H19NO4. The number of amides is 1. The second-order valence-electron chi connectivity index (χ2n) is 5.02. The summed E-state index contributed by atoms with van der Waals surface area (Å²) in [5, 5.41) is 2.77. The summed E-state index contributed by atoms with van der Waals surface area (Å²) in [5.74, 6) is 0.526. The van der Waals surface area contributed by atoms with Crippen molar-refractivity contribution in [2.24, 2.45) is 0 Å². The van der Waals surface area contributed by atoms with Crippen LogP contribution < -0.4 is 14.8 Å². The van der Waals surface area contributed by atoms with Crippen LogP contribution in [0.15, 0.2) is 42.5 Å². The number of benzene rings is 2. The van der Waals surface area contributed by atoms with Gasteiger partial charge >= 0.3 is 0 Å². The van der Waals surface area contributed by atoms with Crippen molar-refractivity contribution in [1.82, 2.24) is 0 Å². The Balaban J connectivity index is 2.27. The molecule has 0 aromatic heterocycles. The lowest BCUT2D eigenvalue weighted by molar-refractivity contribution is -0.115. The van der Waals surface area contributed by atoms with Gasteiger partial charge in [0.25, 0.3) is 0 Å². The Morgan fingerprint density at radius 3 is 2.17 bits per heavy atom. The van der Waals surface area contributed by atoms with Crippen LogP contribution in [0.5, 0.6) is 11.5 Å². The van der Waals surface area contributed by atoms with Crippen molar-refractivity contribution >= 4 is 17.4 Å². The third-order valence-corrected chi connectivity index (χ3v) is 3.38. The molecule has 0 fully saturated rings. The van der Waals surface area contributed by atoms with Gasteiger partial charge in [-0.1, -0.05) is 30.3 Å². The number of hydrogen-bond acceptors (Lipinski definition) is 4. The van der Waals surface area contributed by atoms with E-state index in [9.17, 15) is 9.59 Å². The summed E-state index contributed by atoms with van der Waals surface area (Å²) >= 11 is 0. The number of Topliss-reactive ketones (excluding diaryl/α,β-unsaturated/α-hetero) is 1. The molecule has 2 aromatic carbocycles. The predicted molar refractivity (Wildman–Crippen MR) is 88.3 cm³/mol. The van der Waals surface area contributed by atoms with Crippen molar-refractivity contribution < 1.29 is 19.1 Å². The Morgan fingerprint density at radius 1 is 1.00 bits per heavy atom. The van der Waals surface area contributed by atoms with E-state index < -0.39 is 0 Å². The van der Waals surface area contributed by atoms with E-state index in [2.05, 4.69) is 5.32 Å². The summed E-state index contributed by atoms with van der Waals surface area (Å²) in [4.78, 5) is 24.0. The second kappa shape index (κ2) is 7.45. The minimum atomic E-state index is -0.203. The molecule has 0 spiro atoms. The van der Waals surface area contributed by atoms with Gasteiger partial charge in [-0.2, -0.15) is 0 Å². The monoisotopic (exact) mass is 313 g/mol. The maximum absolute atomic E-state index is 12.2. The van der Waals surface area contributed by atoms with E-state index in [1.54, 1.807) is 12.1 Å². The third kappa shape index (κ3) is 4.10. The average molecular weight is 313 g/mol. The Morgan fingerprint density at radius 2 is 1.61 bits per heavy atom. The molecule has 0 aliphatic heterocycles. The Bertz CT molecular complexity index is 710. The van der Waals surface area contributed by atoms with E-state index in [4.69, 9.17) is 9.47 Å². The lowest BCUT2D eigenvalue weighted by Gasteiger charge is -2.14. The van der Waals surface area contributed by atoms with E-state index in [-0.39, 0.29) is 18.1 Å². The van der Waals surface area contributed by atoms with Gasteiger partial charge in [-0.25, -0.2) is 0 Å². The average Bonchev–Trinajstić information content (AvgIpc) is 2.54. The van der Waals surface area contributed by atoms with Crippen molar-refractivity contribution in [3.05, 3.63) is 53.6 Å². The minimum Gasteiger partial charge on any atom is -0.493 e. The van der Waals surface area contributed by atoms with E-state index in [1.165, 1.54) is 21.1 Å². The number of ether oxygens (including phenoxy) is 2. The highest BCUT2D eigenvalue weighted by Gasteiger charge is 2.16. The molecule has 0 heterocycles. The fourth-order valence-electron chi connectivity index (χ4n) is 2.25. The van der Waals surface area contributed by atoms with Gasteiger partial charge in [0.15, 0.2) is 17.3 Å². The van der Waals surface area contributed by atoms with E-state index >= 15 is 0 Å². The summed E-state index contributed by atoms with van der Waals surface area (Å²) in [6.07, 6.45) is 0.229. The van der Waals surface area contributed by atoms with Crippen molar-refractivity contribution in [1.29, 1.82) is 0 Å². The summed E-state index contributed by atoms with van der Waals surface area (Å²) in [5.41, 5.74) is 1.69. The Labute approximate surface area is 135 Å². The van der Waals surface area contributed by atoms with Crippen molar-refractivity contribution in [3.63, 3.8) is 0 Å². The van der Waals surface area contributed by atoms with Crippen LogP contribution in [0, 0.1) is 0 Å². The van der Waals surface area contributed by atoms with Gasteiger partial charge in [0, 0.05) is 11.6 Å². The summed E-state index contributed by atoms with van der Waals surface area (Å²) in [6.45, 7) is 1.44. The molecule has 5 nitrogen and oxygen atoms in total. The molecule has 2 aromatic rings. The van der Waals surface area contributed by atoms with Gasteiger partial charge in [0.2, 0.25) is 5.91 Å². The first-order chi connectivity index (χ1) is 11.0. The summed E-state index contributed by atoms with van der Waals surface area (Å²) in [6, 6.07) is 12.6. The number of ketones is 1. The number of hydrogen-bond donors (Lipinski definition) is 1. The molecule has 0 saturated carbocycles. The normalized spacial score (nSPS) is 10.0. The predicted octanol–water partition coefficient (Wildman–Crippen LogP) is 3.09. The quantitative estimate of drug-likeness (QED) is 0.832. The van der Waals surface area contributed by atoms with Crippen LogP contribution in [0.2, 0.25) is 0 Å². The molecule has 0 atom stereocenters. The number of nitrogens with one attached hydrogen (secondary N) is 1. The Kier molecular flexibility index (Phi) is 5.36. The standard InChI is InChI=1S/C18H19NO4/c1-12(20)14-10-16(22-2)17(23-3)11-15(14)19-18(21)9-13-7-5-4-6-8-13/h4-8,10-11H,9H2,1-3H3,(H,19,21). The second-order valence-corrected chi connectivity index (χ2v) is 5.02. The maximum Gasteiger partial charge on any atom is 0.228 e. The van der Waals surface area contributed by atoms with Crippen LogP contribution in [0.4, 0.5) is 5.69 Å². The molecule has 23 heavy (non-hydrogen) atoms. The van der Waals surface area contributed by atoms with Crippen LogP contribution in [0.3, 0.4) is 0 Å². The first kappa shape index (κ1) is 16.5. The SMILES string of the molecule is COc1cc(NC(=O)Cc2ccccc2)c(C(C)=O)cc1OC. The van der Waals surface area contributed by atoms with Crippen molar-refractivity contribution in [2.75, 3.05) is 19.5 Å². The van der Waals surface area contributed by atoms with E-state index in [1.807, 2.05) is 30.3 Å². The zero-order chi connectivity index (χ0) is 16.8. The van der Waals surface area contributed by atoms with Crippen molar-refractivity contribution in [2.45, 2.75) is 13.3 Å². The lowest BCUT2D eigenvalue weighted by atomic mass is 10.1. The molecule has 120 valence electrons. The van der Waals surface area contributed by atoms with Gasteiger partial charge in [-0.05, 0) is 18.6 Å². The molecule has 0 aliphatic carbocycles. The van der Waals surface area contributed by atoms with Gasteiger partial charge in [-0.15, -0.1) is 0 Å². The van der Waals surface area contributed by atoms with Crippen LogP contribution in [-0.2, 0) is 11.2 Å². The van der Waals surface area contributed by atoms with Crippen LogP contribution in [0.25, 0.3) is 0 Å². The van der Waals surface area contributed by atoms with Crippen LogP contribution >= 0.6 is 0 Å². The zero-order valence-corrected chi connectivity index (χ0v) is 13.4. The van der Waals surface area contributed by atoms with Crippen LogP contribution in [-0.4, -0.2) is 25.9 Å². The maximum atomic E-state index is 12.2. The molecule has 1 amide bonds. The van der Waals surface area contributed by atoms with Gasteiger partial charge in [0.05, 0.1) is 26.3 Å². The molecule has 5 heteroatoms. The topological polar surface area (TPSA) is 64.6 Å². The molecule has 1 N–H and O–H groups in total. The molecule has 0 saturated heterocycles. The number of methoxy groups -OCH3 is 2. The fraction of sp³-hybridized carbons (Fsp3) is 0.222. The van der Waals surface area contributed by atoms with Gasteiger partial charge in [0.1, 0.15) is 0 Å². The minimum absolute atomic E-state index is 0.166.